The standard InChI is InChI=1S/C10H24N2O/c1-10(2,9-11)5-7-12-6-4-8-13-3/h12H,4-9,11H2,1-3H3. The molecule has 0 atom stereocenters. The summed E-state index contributed by atoms with van der Waals surface area (Å²) in [5.41, 5.74) is 5.89. The van der Waals surface area contributed by atoms with Crippen molar-refractivity contribution in [1.29, 1.82) is 0 Å². The van der Waals surface area contributed by atoms with Gasteiger partial charge in [-0.2, -0.15) is 0 Å². The van der Waals surface area contributed by atoms with Crippen LogP contribution in [0.4, 0.5) is 0 Å². The Bertz CT molecular complexity index is 115. The van der Waals surface area contributed by atoms with E-state index in [4.69, 9.17) is 10.5 Å². The van der Waals surface area contributed by atoms with Crippen LogP contribution < -0.4 is 11.1 Å². The average molecular weight is 188 g/mol. The summed E-state index contributed by atoms with van der Waals surface area (Å²) in [6.45, 7) is 8.08. The molecule has 0 aliphatic heterocycles. The van der Waals surface area contributed by atoms with Gasteiger partial charge in [-0.25, -0.2) is 0 Å². The summed E-state index contributed by atoms with van der Waals surface area (Å²) < 4.78 is 4.95. The van der Waals surface area contributed by atoms with Crippen molar-refractivity contribution in [2.45, 2.75) is 26.7 Å². The van der Waals surface area contributed by atoms with Crippen LogP contribution in [0.15, 0.2) is 0 Å². The molecule has 0 unspecified atom stereocenters. The third-order valence-electron chi connectivity index (χ3n) is 2.23. The first-order valence-corrected chi connectivity index (χ1v) is 5.02. The van der Waals surface area contributed by atoms with Crippen LogP contribution in [0.3, 0.4) is 0 Å². The molecule has 0 radical (unpaired) electrons. The van der Waals surface area contributed by atoms with Crippen molar-refractivity contribution in [1.82, 2.24) is 5.32 Å². The van der Waals surface area contributed by atoms with Crippen LogP contribution in [0.5, 0.6) is 0 Å². The molecule has 0 aliphatic rings. The molecular weight excluding hydrogens is 164 g/mol. The highest BCUT2D eigenvalue weighted by atomic mass is 16.5. The zero-order chi connectivity index (χ0) is 10.2. The first-order valence-electron chi connectivity index (χ1n) is 5.02. The maximum absolute atomic E-state index is 5.62. The van der Waals surface area contributed by atoms with E-state index in [1.165, 1.54) is 0 Å². The van der Waals surface area contributed by atoms with Gasteiger partial charge in [-0.3, -0.25) is 0 Å². The van der Waals surface area contributed by atoms with Crippen LogP contribution in [0.2, 0.25) is 0 Å². The van der Waals surface area contributed by atoms with Crippen molar-refractivity contribution in [3.63, 3.8) is 0 Å². The van der Waals surface area contributed by atoms with Crippen LogP contribution in [0, 0.1) is 5.41 Å². The van der Waals surface area contributed by atoms with Crippen molar-refractivity contribution in [3.05, 3.63) is 0 Å². The minimum absolute atomic E-state index is 0.272. The van der Waals surface area contributed by atoms with Crippen LogP contribution in [0.1, 0.15) is 26.7 Å². The van der Waals surface area contributed by atoms with Crippen LogP contribution >= 0.6 is 0 Å². The summed E-state index contributed by atoms with van der Waals surface area (Å²) in [7, 11) is 1.73. The van der Waals surface area contributed by atoms with Gasteiger partial charge >= 0.3 is 0 Å². The molecule has 0 aromatic rings. The normalized spacial score (nSPS) is 12.0. The lowest BCUT2D eigenvalue weighted by atomic mass is 9.90. The summed E-state index contributed by atoms with van der Waals surface area (Å²) in [6, 6.07) is 0. The second-order valence-electron chi connectivity index (χ2n) is 4.21. The summed E-state index contributed by atoms with van der Waals surface area (Å²) in [5, 5.41) is 3.38. The predicted octanol–water partition coefficient (Wildman–Crippen LogP) is 0.987. The van der Waals surface area contributed by atoms with Gasteiger partial charge in [0.2, 0.25) is 0 Å². The van der Waals surface area contributed by atoms with Crippen LogP contribution in [0.25, 0.3) is 0 Å². The fourth-order valence-corrected chi connectivity index (χ4v) is 0.995. The third-order valence-corrected chi connectivity index (χ3v) is 2.23. The second-order valence-corrected chi connectivity index (χ2v) is 4.21. The molecule has 3 nitrogen and oxygen atoms in total. The molecule has 0 spiro atoms. The van der Waals surface area contributed by atoms with Crippen molar-refractivity contribution < 1.29 is 4.74 Å². The van der Waals surface area contributed by atoms with Crippen LogP contribution in [-0.4, -0.2) is 33.4 Å². The summed E-state index contributed by atoms with van der Waals surface area (Å²) in [6.07, 6.45) is 2.22. The zero-order valence-corrected chi connectivity index (χ0v) is 9.23. The van der Waals surface area contributed by atoms with Gasteiger partial charge in [0.25, 0.3) is 0 Å². The molecule has 0 bridgehead atoms. The Balaban J connectivity index is 3.16. The lowest BCUT2D eigenvalue weighted by Gasteiger charge is -2.22. The number of nitrogens with two attached hydrogens (primary N) is 1. The topological polar surface area (TPSA) is 47.3 Å². The number of hydrogen-bond donors (Lipinski definition) is 2. The fraction of sp³-hybridized carbons (Fsp3) is 1.00. The van der Waals surface area contributed by atoms with E-state index in [0.29, 0.717) is 0 Å². The van der Waals surface area contributed by atoms with Crippen molar-refractivity contribution in [2.75, 3.05) is 33.4 Å². The van der Waals surface area contributed by atoms with Gasteiger partial charge in [-0.1, -0.05) is 13.8 Å². The molecule has 0 aliphatic carbocycles. The average Bonchev–Trinajstić information content (AvgIpc) is 2.11. The van der Waals surface area contributed by atoms with E-state index in [1.807, 2.05) is 0 Å². The van der Waals surface area contributed by atoms with Gasteiger partial charge in [0, 0.05) is 13.7 Å². The van der Waals surface area contributed by atoms with E-state index in [1.54, 1.807) is 7.11 Å². The van der Waals surface area contributed by atoms with Gasteiger partial charge in [0.15, 0.2) is 0 Å². The first kappa shape index (κ1) is 12.9. The minimum atomic E-state index is 0.272. The SMILES string of the molecule is COCCCNCCC(C)(C)CN. The Hall–Kier alpha value is -0.120. The summed E-state index contributed by atoms with van der Waals surface area (Å²) >= 11 is 0. The summed E-state index contributed by atoms with van der Waals surface area (Å²) in [5.74, 6) is 0. The van der Waals surface area contributed by atoms with Crippen molar-refractivity contribution in [3.8, 4) is 0 Å². The van der Waals surface area contributed by atoms with E-state index in [0.717, 1.165) is 39.1 Å². The van der Waals surface area contributed by atoms with E-state index in [-0.39, 0.29) is 5.41 Å². The van der Waals surface area contributed by atoms with E-state index in [2.05, 4.69) is 19.2 Å². The van der Waals surface area contributed by atoms with Gasteiger partial charge in [-0.15, -0.1) is 0 Å². The molecule has 0 aromatic heterocycles. The van der Waals surface area contributed by atoms with E-state index >= 15 is 0 Å². The molecular formula is C10H24N2O. The molecule has 3 heteroatoms. The Morgan fingerprint density at radius 3 is 2.54 bits per heavy atom. The lowest BCUT2D eigenvalue weighted by Crippen LogP contribution is -2.29. The smallest absolute Gasteiger partial charge is 0.0474 e. The maximum Gasteiger partial charge on any atom is 0.0474 e. The van der Waals surface area contributed by atoms with Crippen molar-refractivity contribution >= 4 is 0 Å². The number of hydrogen-bond acceptors (Lipinski definition) is 3. The zero-order valence-electron chi connectivity index (χ0n) is 9.23. The Morgan fingerprint density at radius 1 is 1.31 bits per heavy atom. The first-order chi connectivity index (χ1) is 6.12. The minimum Gasteiger partial charge on any atom is -0.385 e. The fourth-order valence-electron chi connectivity index (χ4n) is 0.995. The highest BCUT2D eigenvalue weighted by Gasteiger charge is 2.13. The Kier molecular flexibility index (Phi) is 7.23. The maximum atomic E-state index is 5.62. The molecule has 0 saturated carbocycles. The molecule has 0 rings (SSSR count). The second kappa shape index (κ2) is 7.30. The Labute approximate surface area is 82.0 Å². The molecule has 0 saturated heterocycles. The molecule has 0 aromatic carbocycles. The van der Waals surface area contributed by atoms with E-state index in [9.17, 15) is 0 Å². The molecule has 80 valence electrons. The number of nitrogens with one attached hydrogen (secondary N) is 1. The van der Waals surface area contributed by atoms with Gasteiger partial charge in [0.1, 0.15) is 0 Å². The highest BCUT2D eigenvalue weighted by Crippen LogP contribution is 2.16. The van der Waals surface area contributed by atoms with Gasteiger partial charge in [-0.05, 0) is 37.9 Å². The number of rotatable bonds is 8. The van der Waals surface area contributed by atoms with Crippen LogP contribution in [-0.2, 0) is 4.74 Å². The molecule has 13 heavy (non-hydrogen) atoms. The van der Waals surface area contributed by atoms with E-state index < -0.39 is 0 Å². The third kappa shape index (κ3) is 8.22. The lowest BCUT2D eigenvalue weighted by molar-refractivity contribution is 0.194. The molecule has 0 amide bonds. The highest BCUT2D eigenvalue weighted by molar-refractivity contribution is 4.70. The molecule has 0 fully saturated rings. The molecule has 3 N–H and O–H groups in total. The Morgan fingerprint density at radius 2 is 2.00 bits per heavy atom. The van der Waals surface area contributed by atoms with Gasteiger partial charge in [0.05, 0.1) is 0 Å². The van der Waals surface area contributed by atoms with Crippen molar-refractivity contribution in [2.24, 2.45) is 11.1 Å². The monoisotopic (exact) mass is 188 g/mol. The van der Waals surface area contributed by atoms with Gasteiger partial charge < -0.3 is 15.8 Å². The number of ether oxygens (including phenoxy) is 1. The summed E-state index contributed by atoms with van der Waals surface area (Å²) in [4.78, 5) is 0. The predicted molar refractivity (Wildman–Crippen MR) is 56.8 cm³/mol. The quantitative estimate of drug-likeness (QED) is 0.558. The largest absolute Gasteiger partial charge is 0.385 e. The number of methoxy groups -OCH3 is 1. The molecule has 0 heterocycles.